The SMILES string of the molecule is [Br-].c1ccc(CN2CCC(N=C3NN=C(c4ccc5c(c4)OCCO5)CS3)CC2)cc1. The number of thioether (sulfide) groups is 1. The van der Waals surface area contributed by atoms with Crippen LogP contribution in [0.3, 0.4) is 0 Å². The molecule has 1 N–H and O–H groups in total. The molecule has 8 heteroatoms. The van der Waals surface area contributed by atoms with Crippen LogP contribution in [-0.2, 0) is 6.54 Å². The van der Waals surface area contributed by atoms with E-state index in [-0.39, 0.29) is 17.0 Å². The lowest BCUT2D eigenvalue weighted by atomic mass is 10.0. The second-order valence-corrected chi connectivity index (χ2v) is 8.71. The number of rotatable bonds is 4. The molecule has 164 valence electrons. The van der Waals surface area contributed by atoms with Crippen molar-refractivity contribution in [3.05, 3.63) is 59.7 Å². The lowest BCUT2D eigenvalue weighted by Gasteiger charge is -2.30. The Balaban J connectivity index is 0.00000231. The molecule has 0 spiro atoms. The minimum atomic E-state index is 0. The Labute approximate surface area is 197 Å². The van der Waals surface area contributed by atoms with Gasteiger partial charge in [0.15, 0.2) is 16.7 Å². The molecular weight excluding hydrogens is 476 g/mol. The minimum Gasteiger partial charge on any atom is -1.00 e. The van der Waals surface area contributed by atoms with Crippen LogP contribution in [0.2, 0.25) is 0 Å². The fourth-order valence-electron chi connectivity index (χ4n) is 3.97. The van der Waals surface area contributed by atoms with Crippen molar-refractivity contribution in [1.29, 1.82) is 0 Å². The molecule has 6 nitrogen and oxygen atoms in total. The van der Waals surface area contributed by atoms with E-state index in [0.717, 1.165) is 66.2 Å². The predicted octanol–water partition coefficient (Wildman–Crippen LogP) is 0.523. The molecule has 0 aliphatic carbocycles. The fraction of sp³-hybridized carbons (Fsp3) is 0.391. The number of halogens is 1. The maximum Gasteiger partial charge on any atom is 0.177 e. The minimum absolute atomic E-state index is 0. The van der Waals surface area contributed by atoms with Gasteiger partial charge in [-0.05, 0) is 36.6 Å². The number of aliphatic imine (C=N–C) groups is 1. The number of benzene rings is 2. The molecule has 5 rings (SSSR count). The predicted molar refractivity (Wildman–Crippen MR) is 122 cm³/mol. The van der Waals surface area contributed by atoms with Gasteiger partial charge in [-0.25, -0.2) is 0 Å². The fourth-order valence-corrected chi connectivity index (χ4v) is 4.81. The average Bonchev–Trinajstić information content (AvgIpc) is 2.81. The Kier molecular flexibility index (Phi) is 7.53. The molecule has 3 heterocycles. The average molecular weight is 502 g/mol. The van der Waals surface area contributed by atoms with E-state index in [1.807, 2.05) is 18.2 Å². The van der Waals surface area contributed by atoms with E-state index in [1.54, 1.807) is 11.8 Å². The van der Waals surface area contributed by atoms with Crippen LogP contribution in [-0.4, -0.2) is 53.9 Å². The second-order valence-electron chi connectivity index (χ2n) is 7.74. The van der Waals surface area contributed by atoms with Crippen LogP contribution in [0.1, 0.15) is 24.0 Å². The highest BCUT2D eigenvalue weighted by atomic mass is 79.9. The standard InChI is InChI=1S/C23H26N4O2S.BrH/c1-2-4-17(5-3-1)15-27-10-8-19(9-11-27)24-23-26-25-20(16-30-23)18-6-7-21-22(14-18)29-13-12-28-21;/h1-7,14,19H,8-13,15-16H2,(H,24,26);1H/p-1. The topological polar surface area (TPSA) is 58.5 Å². The van der Waals surface area contributed by atoms with Gasteiger partial charge >= 0.3 is 0 Å². The molecule has 0 bridgehead atoms. The number of hydrazone groups is 1. The van der Waals surface area contributed by atoms with E-state index in [1.165, 1.54) is 5.56 Å². The highest BCUT2D eigenvalue weighted by molar-refractivity contribution is 8.14. The van der Waals surface area contributed by atoms with Gasteiger partial charge in [0, 0.05) is 31.0 Å². The van der Waals surface area contributed by atoms with Crippen molar-refractivity contribution in [3.8, 4) is 11.5 Å². The van der Waals surface area contributed by atoms with Crippen LogP contribution in [0, 0.1) is 0 Å². The number of hydrogen-bond donors (Lipinski definition) is 1. The molecule has 0 aromatic heterocycles. The Morgan fingerprint density at radius 1 is 1.03 bits per heavy atom. The first-order chi connectivity index (χ1) is 14.8. The maximum atomic E-state index is 5.69. The molecule has 2 aromatic carbocycles. The summed E-state index contributed by atoms with van der Waals surface area (Å²) in [7, 11) is 0. The molecule has 3 aliphatic heterocycles. The number of fused-ring (bicyclic) bond motifs is 1. The lowest BCUT2D eigenvalue weighted by Crippen LogP contribution is -3.00. The third-order valence-electron chi connectivity index (χ3n) is 5.61. The molecule has 0 atom stereocenters. The van der Waals surface area contributed by atoms with E-state index in [0.29, 0.717) is 19.3 Å². The number of nitrogens with zero attached hydrogens (tertiary/aromatic N) is 3. The number of nitrogens with one attached hydrogen (secondary N) is 1. The summed E-state index contributed by atoms with van der Waals surface area (Å²) < 4.78 is 11.3. The Hall–Kier alpha value is -2.03. The Morgan fingerprint density at radius 3 is 2.55 bits per heavy atom. The van der Waals surface area contributed by atoms with Crippen LogP contribution in [0.5, 0.6) is 11.5 Å². The van der Waals surface area contributed by atoms with E-state index in [4.69, 9.17) is 14.5 Å². The van der Waals surface area contributed by atoms with Crippen molar-refractivity contribution in [3.63, 3.8) is 0 Å². The number of likely N-dealkylation sites (tertiary alicyclic amines) is 1. The quantitative estimate of drug-likeness (QED) is 0.661. The van der Waals surface area contributed by atoms with E-state index >= 15 is 0 Å². The van der Waals surface area contributed by atoms with E-state index in [2.05, 4.69) is 45.8 Å². The van der Waals surface area contributed by atoms with Gasteiger partial charge in [0.25, 0.3) is 0 Å². The summed E-state index contributed by atoms with van der Waals surface area (Å²) in [5, 5.41) is 5.50. The van der Waals surface area contributed by atoms with Gasteiger partial charge in [0.1, 0.15) is 13.2 Å². The molecule has 2 aromatic rings. The third-order valence-corrected chi connectivity index (χ3v) is 6.50. The summed E-state index contributed by atoms with van der Waals surface area (Å²) in [4.78, 5) is 7.44. The molecule has 0 amide bonds. The summed E-state index contributed by atoms with van der Waals surface area (Å²) in [6, 6.07) is 17.1. The molecule has 0 radical (unpaired) electrons. The zero-order chi connectivity index (χ0) is 20.2. The summed E-state index contributed by atoms with van der Waals surface area (Å²) in [5.41, 5.74) is 6.61. The number of amidine groups is 1. The highest BCUT2D eigenvalue weighted by Gasteiger charge is 2.21. The largest absolute Gasteiger partial charge is 1.00 e. The van der Waals surface area contributed by atoms with Gasteiger partial charge in [-0.1, -0.05) is 42.1 Å². The highest BCUT2D eigenvalue weighted by Crippen LogP contribution is 2.31. The molecule has 3 aliphatic rings. The van der Waals surface area contributed by atoms with Crippen molar-refractivity contribution in [2.75, 3.05) is 32.1 Å². The zero-order valence-corrected chi connectivity index (χ0v) is 19.7. The van der Waals surface area contributed by atoms with Crippen LogP contribution in [0.25, 0.3) is 0 Å². The van der Waals surface area contributed by atoms with Crippen molar-refractivity contribution in [1.82, 2.24) is 10.3 Å². The van der Waals surface area contributed by atoms with Gasteiger partial charge in [-0.15, -0.1) is 0 Å². The first kappa shape index (κ1) is 22.2. The van der Waals surface area contributed by atoms with Gasteiger partial charge in [-0.3, -0.25) is 15.3 Å². The first-order valence-electron chi connectivity index (χ1n) is 10.5. The monoisotopic (exact) mass is 501 g/mol. The lowest BCUT2D eigenvalue weighted by molar-refractivity contribution is -0.00000666. The van der Waals surface area contributed by atoms with Crippen molar-refractivity contribution >= 4 is 22.6 Å². The summed E-state index contributed by atoms with van der Waals surface area (Å²) in [5.74, 6) is 2.41. The number of hydrogen-bond acceptors (Lipinski definition) is 6. The maximum absolute atomic E-state index is 5.69. The van der Waals surface area contributed by atoms with Gasteiger partial charge < -0.3 is 26.5 Å². The molecule has 1 fully saturated rings. The van der Waals surface area contributed by atoms with Crippen LogP contribution in [0.4, 0.5) is 0 Å². The van der Waals surface area contributed by atoms with Gasteiger partial charge in [0.05, 0.1) is 11.8 Å². The summed E-state index contributed by atoms with van der Waals surface area (Å²) >= 11 is 1.72. The van der Waals surface area contributed by atoms with Crippen molar-refractivity contribution in [2.24, 2.45) is 10.1 Å². The number of piperidine rings is 1. The first-order valence-corrected chi connectivity index (χ1v) is 11.5. The Bertz CT molecular complexity index is 946. The smallest absolute Gasteiger partial charge is 0.177 e. The summed E-state index contributed by atoms with van der Waals surface area (Å²) in [6.07, 6.45) is 2.19. The molecule has 31 heavy (non-hydrogen) atoms. The van der Waals surface area contributed by atoms with Gasteiger partial charge in [0.2, 0.25) is 0 Å². The zero-order valence-electron chi connectivity index (χ0n) is 17.3. The van der Waals surface area contributed by atoms with Crippen molar-refractivity contribution in [2.45, 2.75) is 25.4 Å². The van der Waals surface area contributed by atoms with Gasteiger partial charge in [-0.2, -0.15) is 5.10 Å². The van der Waals surface area contributed by atoms with Crippen LogP contribution >= 0.6 is 11.8 Å². The Morgan fingerprint density at radius 2 is 1.81 bits per heavy atom. The molecule has 0 saturated carbocycles. The second kappa shape index (κ2) is 10.5. The summed E-state index contributed by atoms with van der Waals surface area (Å²) in [6.45, 7) is 4.41. The van der Waals surface area contributed by atoms with Crippen LogP contribution in [0.15, 0.2) is 58.6 Å². The molecule has 0 unspecified atom stereocenters. The normalized spacial score (nSPS) is 20.5. The number of ether oxygens (including phenoxy) is 2. The van der Waals surface area contributed by atoms with Crippen molar-refractivity contribution < 1.29 is 26.5 Å². The third kappa shape index (κ3) is 5.61. The molecule has 1 saturated heterocycles. The van der Waals surface area contributed by atoms with E-state index < -0.39 is 0 Å². The van der Waals surface area contributed by atoms with E-state index in [9.17, 15) is 0 Å². The van der Waals surface area contributed by atoms with Crippen LogP contribution < -0.4 is 31.9 Å². The molecular formula is C23H26BrN4O2S-.